The van der Waals surface area contributed by atoms with Crippen LogP contribution in [0, 0.1) is 6.92 Å². The largest absolute Gasteiger partial charge is 0.369 e. The lowest BCUT2D eigenvalue weighted by atomic mass is 10.1. The molecule has 0 bridgehead atoms. The lowest BCUT2D eigenvalue weighted by Gasteiger charge is -2.11. The third kappa shape index (κ3) is 3.17. The molecule has 3 nitrogen and oxygen atoms in total. The number of rotatable bonds is 4. The Hall–Kier alpha value is -1.32. The maximum Gasteiger partial charge on any atom is 0.145 e. The van der Waals surface area contributed by atoms with E-state index in [1.807, 2.05) is 13.0 Å². The molecule has 1 N–H and O–H groups in total. The highest BCUT2D eigenvalue weighted by Gasteiger charge is 2.12. The van der Waals surface area contributed by atoms with Crippen molar-refractivity contribution in [3.8, 4) is 11.3 Å². The highest BCUT2D eigenvalue weighted by molar-refractivity contribution is 6.37. The fourth-order valence-electron chi connectivity index (χ4n) is 1.73. The van der Waals surface area contributed by atoms with Crippen molar-refractivity contribution in [2.24, 2.45) is 0 Å². The maximum atomic E-state index is 6.24. The molecule has 0 aliphatic rings. The third-order valence-electron chi connectivity index (χ3n) is 2.77. The normalized spacial score (nSPS) is 10.5. The molecule has 2 rings (SSSR count). The fraction of sp³-hybridized carbons (Fsp3) is 0.286. The molecule has 0 saturated heterocycles. The first-order chi connectivity index (χ1) is 9.13. The SMILES string of the molecule is CCCNc1nc(-c2cnccc2C)c(Cl)cc1Cl. The van der Waals surface area contributed by atoms with Crippen molar-refractivity contribution < 1.29 is 0 Å². The number of halogens is 2. The first-order valence-corrected chi connectivity index (χ1v) is 6.90. The average Bonchev–Trinajstić information content (AvgIpc) is 2.39. The van der Waals surface area contributed by atoms with Crippen LogP contribution in [-0.2, 0) is 0 Å². The summed E-state index contributed by atoms with van der Waals surface area (Å²) < 4.78 is 0. The van der Waals surface area contributed by atoms with E-state index >= 15 is 0 Å². The van der Waals surface area contributed by atoms with Gasteiger partial charge in [-0.2, -0.15) is 0 Å². The van der Waals surface area contributed by atoms with Gasteiger partial charge < -0.3 is 5.32 Å². The molecule has 0 unspecified atom stereocenters. The summed E-state index contributed by atoms with van der Waals surface area (Å²) in [5.41, 5.74) is 2.70. The van der Waals surface area contributed by atoms with Gasteiger partial charge in [-0.3, -0.25) is 4.98 Å². The molecule has 2 aromatic rings. The van der Waals surface area contributed by atoms with Gasteiger partial charge in [-0.05, 0) is 31.0 Å². The summed E-state index contributed by atoms with van der Waals surface area (Å²) in [6, 6.07) is 3.65. The highest BCUT2D eigenvalue weighted by atomic mass is 35.5. The van der Waals surface area contributed by atoms with E-state index in [-0.39, 0.29) is 0 Å². The van der Waals surface area contributed by atoms with Gasteiger partial charge in [-0.25, -0.2) is 4.98 Å². The average molecular weight is 296 g/mol. The Morgan fingerprint density at radius 1 is 1.26 bits per heavy atom. The summed E-state index contributed by atoms with van der Waals surface area (Å²) in [4.78, 5) is 8.65. The van der Waals surface area contributed by atoms with Gasteiger partial charge in [0.25, 0.3) is 0 Å². The fourth-order valence-corrected chi connectivity index (χ4v) is 2.26. The Kier molecular flexibility index (Phi) is 4.61. The van der Waals surface area contributed by atoms with Crippen LogP contribution in [0.15, 0.2) is 24.5 Å². The molecule has 5 heteroatoms. The van der Waals surface area contributed by atoms with Crippen molar-refractivity contribution in [1.82, 2.24) is 9.97 Å². The van der Waals surface area contributed by atoms with E-state index in [9.17, 15) is 0 Å². The summed E-state index contributed by atoms with van der Waals surface area (Å²) in [5.74, 6) is 0.658. The molecule has 0 aliphatic carbocycles. The minimum absolute atomic E-state index is 0.531. The predicted molar refractivity (Wildman–Crippen MR) is 81.0 cm³/mol. The van der Waals surface area contributed by atoms with Gasteiger partial charge in [0, 0.05) is 24.5 Å². The van der Waals surface area contributed by atoms with Crippen LogP contribution >= 0.6 is 23.2 Å². The zero-order valence-corrected chi connectivity index (χ0v) is 12.4. The van der Waals surface area contributed by atoms with Gasteiger partial charge in [0.1, 0.15) is 5.82 Å². The molecule has 0 saturated carbocycles. The number of hydrogen-bond donors (Lipinski definition) is 1. The van der Waals surface area contributed by atoms with Crippen LogP contribution in [0.1, 0.15) is 18.9 Å². The molecule has 0 radical (unpaired) electrons. The summed E-state index contributed by atoms with van der Waals surface area (Å²) in [5, 5.41) is 4.26. The van der Waals surface area contributed by atoms with Crippen molar-refractivity contribution in [3.63, 3.8) is 0 Å². The number of nitrogens with one attached hydrogen (secondary N) is 1. The molecule has 100 valence electrons. The zero-order valence-electron chi connectivity index (χ0n) is 10.9. The summed E-state index contributed by atoms with van der Waals surface area (Å²) >= 11 is 12.4. The third-order valence-corrected chi connectivity index (χ3v) is 3.34. The van der Waals surface area contributed by atoms with Crippen molar-refractivity contribution in [2.75, 3.05) is 11.9 Å². The van der Waals surface area contributed by atoms with Gasteiger partial charge in [-0.15, -0.1) is 0 Å². The Labute approximate surface area is 123 Å². The van der Waals surface area contributed by atoms with Crippen LogP contribution in [0.25, 0.3) is 11.3 Å². The molecule has 0 spiro atoms. The topological polar surface area (TPSA) is 37.8 Å². The van der Waals surface area contributed by atoms with E-state index in [4.69, 9.17) is 23.2 Å². The molecule has 0 fully saturated rings. The molecule has 19 heavy (non-hydrogen) atoms. The number of hydrogen-bond acceptors (Lipinski definition) is 3. The van der Waals surface area contributed by atoms with Gasteiger partial charge in [0.2, 0.25) is 0 Å². The highest BCUT2D eigenvalue weighted by Crippen LogP contribution is 2.33. The first-order valence-electron chi connectivity index (χ1n) is 6.14. The Morgan fingerprint density at radius 2 is 2.05 bits per heavy atom. The van der Waals surface area contributed by atoms with Gasteiger partial charge >= 0.3 is 0 Å². The zero-order chi connectivity index (χ0) is 13.8. The minimum atomic E-state index is 0.531. The van der Waals surface area contributed by atoms with Crippen LogP contribution in [0.2, 0.25) is 10.0 Å². The van der Waals surface area contributed by atoms with E-state index < -0.39 is 0 Å². The summed E-state index contributed by atoms with van der Waals surface area (Å²) in [6.07, 6.45) is 4.52. The van der Waals surface area contributed by atoms with Crippen molar-refractivity contribution in [2.45, 2.75) is 20.3 Å². The lowest BCUT2D eigenvalue weighted by Crippen LogP contribution is -2.04. The molecular weight excluding hydrogens is 281 g/mol. The van der Waals surface area contributed by atoms with E-state index in [1.165, 1.54) is 0 Å². The second-order valence-corrected chi connectivity index (χ2v) is 5.08. The molecule has 0 atom stereocenters. The second-order valence-electron chi connectivity index (χ2n) is 4.27. The Balaban J connectivity index is 2.48. The molecule has 2 aromatic heterocycles. The van der Waals surface area contributed by atoms with Crippen LogP contribution in [-0.4, -0.2) is 16.5 Å². The minimum Gasteiger partial charge on any atom is -0.369 e. The number of nitrogens with zero attached hydrogens (tertiary/aromatic N) is 2. The van der Waals surface area contributed by atoms with E-state index in [1.54, 1.807) is 18.5 Å². The van der Waals surface area contributed by atoms with Crippen molar-refractivity contribution in [1.29, 1.82) is 0 Å². The molecule has 2 heterocycles. The summed E-state index contributed by atoms with van der Waals surface area (Å²) in [6.45, 7) is 4.91. The standard InChI is InChI=1S/C14H15Cl2N3/c1-3-5-18-14-12(16)7-11(15)13(19-14)10-8-17-6-4-9(10)2/h4,6-8H,3,5H2,1-2H3,(H,18,19). The van der Waals surface area contributed by atoms with E-state index in [2.05, 4.69) is 22.2 Å². The maximum absolute atomic E-state index is 6.24. The molecule has 0 aliphatic heterocycles. The van der Waals surface area contributed by atoms with E-state index in [0.29, 0.717) is 21.6 Å². The molecule has 0 amide bonds. The van der Waals surface area contributed by atoms with Gasteiger partial charge in [-0.1, -0.05) is 30.1 Å². The van der Waals surface area contributed by atoms with Crippen LogP contribution < -0.4 is 5.32 Å². The van der Waals surface area contributed by atoms with Crippen LogP contribution in [0.3, 0.4) is 0 Å². The van der Waals surface area contributed by atoms with Crippen molar-refractivity contribution in [3.05, 3.63) is 40.1 Å². The van der Waals surface area contributed by atoms with Gasteiger partial charge in [0.05, 0.1) is 15.7 Å². The number of pyridine rings is 2. The Morgan fingerprint density at radius 3 is 2.74 bits per heavy atom. The quantitative estimate of drug-likeness (QED) is 0.897. The van der Waals surface area contributed by atoms with E-state index in [0.717, 1.165) is 24.1 Å². The lowest BCUT2D eigenvalue weighted by molar-refractivity contribution is 0.970. The van der Waals surface area contributed by atoms with Gasteiger partial charge in [0.15, 0.2) is 0 Å². The summed E-state index contributed by atoms with van der Waals surface area (Å²) in [7, 11) is 0. The molecule has 0 aromatic carbocycles. The second kappa shape index (κ2) is 6.22. The smallest absolute Gasteiger partial charge is 0.145 e. The number of anilines is 1. The van der Waals surface area contributed by atoms with Crippen molar-refractivity contribution >= 4 is 29.0 Å². The predicted octanol–water partition coefficient (Wildman–Crippen LogP) is 4.58. The number of aromatic nitrogens is 2. The van der Waals surface area contributed by atoms with Crippen LogP contribution in [0.4, 0.5) is 5.82 Å². The van der Waals surface area contributed by atoms with Crippen LogP contribution in [0.5, 0.6) is 0 Å². The number of aryl methyl sites for hydroxylation is 1. The Bertz CT molecular complexity index is 585. The monoisotopic (exact) mass is 295 g/mol. The first kappa shape index (κ1) is 14.1. The molecular formula is C14H15Cl2N3.